The molecule has 0 radical (unpaired) electrons. The van der Waals surface area contributed by atoms with E-state index in [0.29, 0.717) is 16.2 Å². The quantitative estimate of drug-likeness (QED) is 0.624. The van der Waals surface area contributed by atoms with Crippen LogP contribution in [0.25, 0.3) is 5.57 Å². The Bertz CT molecular complexity index is 561. The number of nitriles is 2. The maximum absolute atomic E-state index is 11.5. The van der Waals surface area contributed by atoms with Gasteiger partial charge in [-0.1, -0.05) is 23.7 Å². The Kier molecular flexibility index (Phi) is 5.60. The Morgan fingerprint density at radius 2 is 1.84 bits per heavy atom. The van der Waals surface area contributed by atoms with Gasteiger partial charge in [0, 0.05) is 5.02 Å². The molecule has 0 aliphatic rings. The van der Waals surface area contributed by atoms with Crippen molar-refractivity contribution in [3.8, 4) is 12.1 Å². The molecule has 0 unspecified atom stereocenters. The van der Waals surface area contributed by atoms with E-state index in [1.807, 2.05) is 0 Å². The summed E-state index contributed by atoms with van der Waals surface area (Å²) >= 11 is 5.78. The Morgan fingerprint density at radius 1 is 1.26 bits per heavy atom. The number of rotatable bonds is 4. The van der Waals surface area contributed by atoms with Gasteiger partial charge in [0.25, 0.3) is 0 Å². The van der Waals surface area contributed by atoms with Crippen LogP contribution in [0.2, 0.25) is 5.02 Å². The van der Waals surface area contributed by atoms with Crippen LogP contribution < -0.4 is 0 Å². The van der Waals surface area contributed by atoms with Crippen LogP contribution in [0.5, 0.6) is 0 Å². The molecule has 5 heteroatoms. The summed E-state index contributed by atoms with van der Waals surface area (Å²) in [7, 11) is 0. The highest BCUT2D eigenvalue weighted by atomic mass is 35.5. The first kappa shape index (κ1) is 14.8. The Labute approximate surface area is 116 Å². The van der Waals surface area contributed by atoms with Crippen molar-refractivity contribution in [3.63, 3.8) is 0 Å². The zero-order chi connectivity index (χ0) is 14.3. The molecule has 0 aromatic heterocycles. The van der Waals surface area contributed by atoms with E-state index in [0.717, 1.165) is 0 Å². The molecule has 0 heterocycles. The van der Waals surface area contributed by atoms with Crippen molar-refractivity contribution < 1.29 is 9.53 Å². The van der Waals surface area contributed by atoms with Gasteiger partial charge in [-0.2, -0.15) is 10.5 Å². The van der Waals surface area contributed by atoms with Crippen molar-refractivity contribution in [1.82, 2.24) is 0 Å². The average molecular weight is 275 g/mol. The second-order valence-corrected chi connectivity index (χ2v) is 4.00. The first-order valence-electron chi connectivity index (χ1n) is 5.57. The summed E-state index contributed by atoms with van der Waals surface area (Å²) in [6, 6.07) is 10.2. The number of esters is 1. The van der Waals surface area contributed by atoms with Crippen molar-refractivity contribution >= 4 is 23.1 Å². The summed E-state index contributed by atoms with van der Waals surface area (Å²) in [6.07, 6.45) is -0.119. The van der Waals surface area contributed by atoms with E-state index >= 15 is 0 Å². The molecule has 1 rings (SSSR count). The zero-order valence-electron chi connectivity index (χ0n) is 10.3. The normalized spacial score (nSPS) is 9.05. The number of carbonyl (C=O) groups is 1. The molecule has 4 nitrogen and oxygen atoms in total. The molecule has 0 aliphatic carbocycles. The fraction of sp³-hybridized carbons (Fsp3) is 0.214. The van der Waals surface area contributed by atoms with E-state index in [1.54, 1.807) is 43.3 Å². The highest BCUT2D eigenvalue weighted by Crippen LogP contribution is 2.24. The molecule has 96 valence electrons. The van der Waals surface area contributed by atoms with Crippen molar-refractivity contribution in [2.45, 2.75) is 13.3 Å². The number of benzene rings is 1. The largest absolute Gasteiger partial charge is 0.466 e. The SMILES string of the molecule is CCOC(=O)CC(=C(C#N)C#N)c1ccc(Cl)cc1. The van der Waals surface area contributed by atoms with Crippen molar-refractivity contribution in [1.29, 1.82) is 10.5 Å². The number of hydrogen-bond donors (Lipinski definition) is 0. The molecular formula is C14H11ClN2O2. The van der Waals surface area contributed by atoms with Crippen LogP contribution in [0.1, 0.15) is 18.9 Å². The molecule has 0 saturated heterocycles. The lowest BCUT2D eigenvalue weighted by molar-refractivity contribution is -0.141. The van der Waals surface area contributed by atoms with Crippen LogP contribution in [0.15, 0.2) is 29.8 Å². The van der Waals surface area contributed by atoms with Crippen molar-refractivity contribution in [2.24, 2.45) is 0 Å². The number of nitrogens with zero attached hydrogens (tertiary/aromatic N) is 2. The van der Waals surface area contributed by atoms with Gasteiger partial charge in [0.05, 0.1) is 13.0 Å². The third-order valence-corrected chi connectivity index (χ3v) is 2.60. The molecule has 0 saturated carbocycles. The Morgan fingerprint density at radius 3 is 2.32 bits per heavy atom. The van der Waals surface area contributed by atoms with E-state index in [9.17, 15) is 4.79 Å². The van der Waals surface area contributed by atoms with Crippen LogP contribution in [0.3, 0.4) is 0 Å². The summed E-state index contributed by atoms with van der Waals surface area (Å²) in [5, 5.41) is 18.4. The van der Waals surface area contributed by atoms with E-state index in [-0.39, 0.29) is 18.6 Å². The predicted octanol–water partition coefficient (Wildman–Crippen LogP) is 3.09. The monoisotopic (exact) mass is 274 g/mol. The third kappa shape index (κ3) is 4.13. The molecule has 0 fully saturated rings. The topological polar surface area (TPSA) is 73.9 Å². The minimum atomic E-state index is -0.476. The van der Waals surface area contributed by atoms with Gasteiger partial charge in [-0.25, -0.2) is 0 Å². The summed E-state index contributed by atoms with van der Waals surface area (Å²) in [4.78, 5) is 11.5. The van der Waals surface area contributed by atoms with Crippen molar-refractivity contribution in [2.75, 3.05) is 6.61 Å². The molecule has 0 N–H and O–H groups in total. The van der Waals surface area contributed by atoms with E-state index in [2.05, 4.69) is 0 Å². The molecule has 0 amide bonds. The summed E-state index contributed by atoms with van der Waals surface area (Å²) in [6.45, 7) is 1.94. The van der Waals surface area contributed by atoms with Gasteiger partial charge in [-0.3, -0.25) is 4.79 Å². The number of ether oxygens (including phenoxy) is 1. The average Bonchev–Trinajstić information content (AvgIpc) is 2.40. The lowest BCUT2D eigenvalue weighted by Crippen LogP contribution is -2.06. The zero-order valence-corrected chi connectivity index (χ0v) is 11.1. The summed E-state index contributed by atoms with van der Waals surface area (Å²) in [5.41, 5.74) is 0.853. The lowest BCUT2D eigenvalue weighted by Gasteiger charge is -2.07. The Balaban J connectivity index is 3.19. The van der Waals surface area contributed by atoms with Gasteiger partial charge < -0.3 is 4.74 Å². The minimum absolute atomic E-state index is 0.102. The first-order chi connectivity index (χ1) is 9.12. The number of carbonyl (C=O) groups excluding carboxylic acids is 1. The summed E-state index contributed by atoms with van der Waals surface area (Å²) in [5.74, 6) is -0.476. The van der Waals surface area contributed by atoms with Crippen molar-refractivity contribution in [3.05, 3.63) is 40.4 Å². The molecule has 1 aromatic rings. The third-order valence-electron chi connectivity index (χ3n) is 2.34. The molecule has 0 bridgehead atoms. The number of halogens is 1. The molecule has 0 spiro atoms. The molecule has 19 heavy (non-hydrogen) atoms. The maximum atomic E-state index is 11.5. The lowest BCUT2D eigenvalue weighted by atomic mass is 9.98. The van der Waals surface area contributed by atoms with Gasteiger partial charge in [0.1, 0.15) is 17.7 Å². The second-order valence-electron chi connectivity index (χ2n) is 3.57. The highest BCUT2D eigenvalue weighted by molar-refractivity contribution is 6.30. The van der Waals surface area contributed by atoms with E-state index in [4.69, 9.17) is 26.9 Å². The number of hydrogen-bond acceptors (Lipinski definition) is 4. The van der Waals surface area contributed by atoms with E-state index < -0.39 is 5.97 Å². The fourth-order valence-corrected chi connectivity index (χ4v) is 1.63. The molecule has 0 aliphatic heterocycles. The molecular weight excluding hydrogens is 264 g/mol. The first-order valence-corrected chi connectivity index (χ1v) is 5.95. The van der Waals surface area contributed by atoms with Crippen LogP contribution in [-0.2, 0) is 9.53 Å². The van der Waals surface area contributed by atoms with Gasteiger partial charge in [-0.05, 0) is 30.2 Å². The van der Waals surface area contributed by atoms with Crippen LogP contribution >= 0.6 is 11.6 Å². The number of allylic oxidation sites excluding steroid dienone is 1. The fourth-order valence-electron chi connectivity index (χ4n) is 1.50. The summed E-state index contributed by atoms with van der Waals surface area (Å²) < 4.78 is 4.84. The van der Waals surface area contributed by atoms with Crippen LogP contribution in [0, 0.1) is 22.7 Å². The second kappa shape index (κ2) is 7.20. The van der Waals surface area contributed by atoms with Gasteiger partial charge in [0.15, 0.2) is 0 Å². The van der Waals surface area contributed by atoms with Crippen LogP contribution in [-0.4, -0.2) is 12.6 Å². The predicted molar refractivity (Wildman–Crippen MR) is 70.8 cm³/mol. The van der Waals surface area contributed by atoms with Gasteiger partial charge >= 0.3 is 5.97 Å². The highest BCUT2D eigenvalue weighted by Gasteiger charge is 2.14. The maximum Gasteiger partial charge on any atom is 0.310 e. The van der Waals surface area contributed by atoms with Gasteiger partial charge in [-0.15, -0.1) is 0 Å². The van der Waals surface area contributed by atoms with E-state index in [1.165, 1.54) is 0 Å². The van der Waals surface area contributed by atoms with Crippen LogP contribution in [0.4, 0.5) is 0 Å². The molecule has 1 aromatic carbocycles. The standard InChI is InChI=1S/C14H11ClN2O2/c1-2-19-14(18)7-13(11(8-16)9-17)10-3-5-12(15)6-4-10/h3-6H,2,7H2,1H3. The minimum Gasteiger partial charge on any atom is -0.466 e. The smallest absolute Gasteiger partial charge is 0.310 e. The Hall–Kier alpha value is -2.30. The van der Waals surface area contributed by atoms with Gasteiger partial charge in [0.2, 0.25) is 0 Å². The molecule has 0 atom stereocenters.